The van der Waals surface area contributed by atoms with E-state index in [1.54, 1.807) is 0 Å². The zero-order chi connectivity index (χ0) is 12.2. The molecule has 0 aliphatic heterocycles. The predicted octanol–water partition coefficient (Wildman–Crippen LogP) is 2.47. The molecule has 1 N–H and O–H groups in total. The number of imidazole rings is 1. The first kappa shape index (κ1) is 12.0. The van der Waals surface area contributed by atoms with Gasteiger partial charge in [0.05, 0.1) is 6.33 Å². The lowest BCUT2D eigenvalue weighted by molar-refractivity contribution is 0.410. The summed E-state index contributed by atoms with van der Waals surface area (Å²) in [4.78, 5) is 4.05. The zero-order valence-electron chi connectivity index (χ0n) is 11.0. The molecule has 18 heavy (non-hydrogen) atoms. The summed E-state index contributed by atoms with van der Waals surface area (Å²) in [5.41, 5.74) is 0. The molecule has 0 aromatic carbocycles. The Bertz CT molecular complexity index is 382. The lowest BCUT2D eigenvalue weighted by Crippen LogP contribution is -2.26. The predicted molar refractivity (Wildman–Crippen MR) is 73.2 cm³/mol. The first-order valence-electron chi connectivity index (χ1n) is 7.26. The molecule has 1 saturated carbocycles. The van der Waals surface area contributed by atoms with E-state index >= 15 is 0 Å². The molecule has 1 fully saturated rings. The summed E-state index contributed by atoms with van der Waals surface area (Å²) in [6.45, 7) is 3.47. The summed E-state index contributed by atoms with van der Waals surface area (Å²) in [7, 11) is 0. The van der Waals surface area contributed by atoms with Gasteiger partial charge in [-0.15, -0.1) is 0 Å². The van der Waals surface area contributed by atoms with Crippen molar-refractivity contribution in [2.24, 2.45) is 17.8 Å². The van der Waals surface area contributed by atoms with Crippen molar-refractivity contribution in [3.63, 3.8) is 0 Å². The number of aromatic nitrogens is 2. The van der Waals surface area contributed by atoms with Crippen LogP contribution in [-0.2, 0) is 6.54 Å². The van der Waals surface area contributed by atoms with Crippen LogP contribution in [0.2, 0.25) is 0 Å². The highest BCUT2D eigenvalue weighted by molar-refractivity contribution is 5.10. The van der Waals surface area contributed by atoms with Crippen molar-refractivity contribution in [2.75, 3.05) is 13.1 Å². The number of nitrogens with zero attached hydrogens (tertiary/aromatic N) is 2. The first-order valence-corrected chi connectivity index (χ1v) is 7.26. The van der Waals surface area contributed by atoms with E-state index in [1.807, 2.05) is 18.7 Å². The third-order valence-corrected chi connectivity index (χ3v) is 4.40. The van der Waals surface area contributed by atoms with Crippen molar-refractivity contribution in [3.8, 4) is 0 Å². The summed E-state index contributed by atoms with van der Waals surface area (Å²) in [6.07, 6.45) is 16.0. The van der Waals surface area contributed by atoms with Gasteiger partial charge in [0.25, 0.3) is 0 Å². The maximum atomic E-state index is 4.05. The van der Waals surface area contributed by atoms with Crippen molar-refractivity contribution in [3.05, 3.63) is 30.9 Å². The van der Waals surface area contributed by atoms with E-state index in [9.17, 15) is 0 Å². The minimum absolute atomic E-state index is 0.883. The SMILES string of the molecule is C1=CC2CC1CC2CNCCCCn1ccnc1. The molecule has 0 saturated heterocycles. The van der Waals surface area contributed by atoms with Gasteiger partial charge in [0.15, 0.2) is 0 Å². The first-order chi connectivity index (χ1) is 8.92. The normalized spacial score (nSPS) is 29.2. The lowest BCUT2D eigenvalue weighted by Gasteiger charge is -2.18. The average molecular weight is 245 g/mol. The molecule has 0 amide bonds. The van der Waals surface area contributed by atoms with Gasteiger partial charge in [-0.3, -0.25) is 0 Å². The van der Waals surface area contributed by atoms with Crippen LogP contribution in [0.25, 0.3) is 0 Å². The number of allylic oxidation sites excluding steroid dienone is 2. The fourth-order valence-electron chi connectivity index (χ4n) is 3.38. The van der Waals surface area contributed by atoms with Gasteiger partial charge >= 0.3 is 0 Å². The quantitative estimate of drug-likeness (QED) is 0.591. The van der Waals surface area contributed by atoms with Gasteiger partial charge in [-0.05, 0) is 56.5 Å². The Hall–Kier alpha value is -1.09. The van der Waals surface area contributed by atoms with Crippen LogP contribution in [0.1, 0.15) is 25.7 Å². The Morgan fingerprint density at radius 3 is 2.94 bits per heavy atom. The highest BCUT2D eigenvalue weighted by Gasteiger charge is 2.34. The number of fused-ring (bicyclic) bond motifs is 2. The molecule has 1 aromatic rings. The Balaban J connectivity index is 1.24. The molecule has 3 atom stereocenters. The molecule has 2 aliphatic rings. The third-order valence-electron chi connectivity index (χ3n) is 4.40. The molecule has 98 valence electrons. The van der Waals surface area contributed by atoms with Crippen LogP contribution in [0.4, 0.5) is 0 Å². The summed E-state index contributed by atoms with van der Waals surface area (Å²) in [5, 5.41) is 3.63. The number of hydrogen-bond donors (Lipinski definition) is 1. The molecule has 1 aromatic heterocycles. The maximum Gasteiger partial charge on any atom is 0.0945 e. The molecular weight excluding hydrogens is 222 g/mol. The monoisotopic (exact) mass is 245 g/mol. The summed E-state index contributed by atoms with van der Waals surface area (Å²) in [5.74, 6) is 2.70. The molecule has 0 radical (unpaired) electrons. The topological polar surface area (TPSA) is 29.9 Å². The standard InChI is InChI=1S/C15H23N3/c1(2-7-18-8-6-17-12-18)5-16-11-15-10-13-3-4-14(15)9-13/h3-4,6,8,12-16H,1-2,5,7,9-11H2. The molecule has 3 rings (SSSR count). The van der Waals surface area contributed by atoms with Crippen LogP contribution >= 0.6 is 0 Å². The van der Waals surface area contributed by atoms with Crippen molar-refractivity contribution in [1.29, 1.82) is 0 Å². The van der Waals surface area contributed by atoms with E-state index < -0.39 is 0 Å². The molecule has 3 heteroatoms. The third kappa shape index (κ3) is 2.83. The van der Waals surface area contributed by atoms with Crippen LogP contribution in [0, 0.1) is 17.8 Å². The second-order valence-electron chi connectivity index (χ2n) is 5.75. The minimum atomic E-state index is 0.883. The fourth-order valence-corrected chi connectivity index (χ4v) is 3.38. The second-order valence-corrected chi connectivity index (χ2v) is 5.75. The summed E-state index contributed by atoms with van der Waals surface area (Å²) < 4.78 is 2.15. The van der Waals surface area contributed by atoms with E-state index in [2.05, 4.69) is 27.0 Å². The van der Waals surface area contributed by atoms with Crippen LogP contribution in [-0.4, -0.2) is 22.6 Å². The van der Waals surface area contributed by atoms with Crippen molar-refractivity contribution in [1.82, 2.24) is 14.9 Å². The van der Waals surface area contributed by atoms with Crippen LogP contribution in [0.3, 0.4) is 0 Å². The van der Waals surface area contributed by atoms with Crippen molar-refractivity contribution < 1.29 is 0 Å². The van der Waals surface area contributed by atoms with Crippen molar-refractivity contribution in [2.45, 2.75) is 32.2 Å². The minimum Gasteiger partial charge on any atom is -0.337 e. The number of hydrogen-bond acceptors (Lipinski definition) is 2. The molecule has 1 heterocycles. The Kier molecular flexibility index (Phi) is 3.79. The van der Waals surface area contributed by atoms with Crippen LogP contribution in [0.5, 0.6) is 0 Å². The Morgan fingerprint density at radius 1 is 1.22 bits per heavy atom. The van der Waals surface area contributed by atoms with Gasteiger partial charge in [-0.1, -0.05) is 12.2 Å². The van der Waals surface area contributed by atoms with Gasteiger partial charge in [-0.25, -0.2) is 4.98 Å². The largest absolute Gasteiger partial charge is 0.337 e. The average Bonchev–Trinajstić information content (AvgIpc) is 3.10. The van der Waals surface area contributed by atoms with E-state index in [0.717, 1.165) is 30.8 Å². The highest BCUT2D eigenvalue weighted by Crippen LogP contribution is 2.42. The van der Waals surface area contributed by atoms with E-state index in [1.165, 1.54) is 32.2 Å². The Morgan fingerprint density at radius 2 is 2.22 bits per heavy atom. The van der Waals surface area contributed by atoms with Gasteiger partial charge in [0, 0.05) is 18.9 Å². The van der Waals surface area contributed by atoms with E-state index in [-0.39, 0.29) is 0 Å². The van der Waals surface area contributed by atoms with Gasteiger partial charge in [0.2, 0.25) is 0 Å². The number of unbranched alkanes of at least 4 members (excludes halogenated alkanes) is 1. The molecular formula is C15H23N3. The molecule has 3 unspecified atom stereocenters. The smallest absolute Gasteiger partial charge is 0.0945 e. The Labute approximate surface area is 109 Å². The van der Waals surface area contributed by atoms with Crippen LogP contribution < -0.4 is 5.32 Å². The molecule has 0 spiro atoms. The molecule has 2 bridgehead atoms. The molecule has 2 aliphatic carbocycles. The number of aryl methyl sites for hydroxylation is 1. The van der Waals surface area contributed by atoms with Gasteiger partial charge in [-0.2, -0.15) is 0 Å². The second kappa shape index (κ2) is 5.70. The van der Waals surface area contributed by atoms with E-state index in [0.29, 0.717) is 0 Å². The van der Waals surface area contributed by atoms with Crippen LogP contribution in [0.15, 0.2) is 30.9 Å². The van der Waals surface area contributed by atoms with E-state index in [4.69, 9.17) is 0 Å². The fraction of sp³-hybridized carbons (Fsp3) is 0.667. The van der Waals surface area contributed by atoms with Gasteiger partial charge < -0.3 is 9.88 Å². The lowest BCUT2D eigenvalue weighted by atomic mass is 9.93. The number of rotatable bonds is 7. The molecule has 3 nitrogen and oxygen atoms in total. The summed E-state index contributed by atoms with van der Waals surface area (Å²) in [6, 6.07) is 0. The zero-order valence-corrected chi connectivity index (χ0v) is 11.0. The van der Waals surface area contributed by atoms with Crippen molar-refractivity contribution >= 4 is 0 Å². The van der Waals surface area contributed by atoms with Gasteiger partial charge in [0.1, 0.15) is 0 Å². The maximum absolute atomic E-state index is 4.05. The summed E-state index contributed by atoms with van der Waals surface area (Å²) >= 11 is 0. The highest BCUT2D eigenvalue weighted by atomic mass is 15.0. The number of nitrogens with one attached hydrogen (secondary N) is 1.